The maximum Gasteiger partial charge on any atom is 0.191 e. The molecule has 2 aromatic rings. The average molecular weight is 508 g/mol. The molecule has 6 nitrogen and oxygen atoms in total. The third-order valence-electron chi connectivity index (χ3n) is 5.27. The van der Waals surface area contributed by atoms with Crippen molar-refractivity contribution < 1.29 is 0 Å². The van der Waals surface area contributed by atoms with Crippen molar-refractivity contribution in [2.24, 2.45) is 4.99 Å². The molecule has 2 heterocycles. The number of piperazine rings is 1. The molecule has 0 spiro atoms. The van der Waals surface area contributed by atoms with Gasteiger partial charge in [-0.25, -0.2) is 4.98 Å². The number of pyridine rings is 1. The first-order chi connectivity index (χ1) is 13.7. The highest BCUT2D eigenvalue weighted by Crippen LogP contribution is 2.14. The van der Waals surface area contributed by atoms with Crippen LogP contribution in [-0.2, 0) is 19.5 Å². The number of nitrogens with one attached hydrogen (secondary N) is 2. The van der Waals surface area contributed by atoms with E-state index in [4.69, 9.17) is 0 Å². The second-order valence-corrected chi connectivity index (χ2v) is 7.21. The molecule has 1 aromatic heterocycles. The van der Waals surface area contributed by atoms with Crippen molar-refractivity contribution in [2.45, 2.75) is 26.4 Å². The largest absolute Gasteiger partial charge is 0.354 e. The lowest BCUT2D eigenvalue weighted by molar-refractivity contribution is 0.312. The number of guanidine groups is 1. The molecule has 0 aliphatic carbocycles. The van der Waals surface area contributed by atoms with Crippen LogP contribution in [0.5, 0.6) is 0 Å². The fourth-order valence-corrected chi connectivity index (χ4v) is 3.44. The molecule has 2 N–H and O–H groups in total. The molecular formula is C22H33IN6. The summed E-state index contributed by atoms with van der Waals surface area (Å²) in [5.41, 5.74) is 3.89. The molecule has 1 saturated heterocycles. The van der Waals surface area contributed by atoms with E-state index < -0.39 is 0 Å². The topological polar surface area (TPSA) is 55.8 Å². The maximum atomic E-state index is 4.56. The molecule has 1 fully saturated rings. The lowest BCUT2D eigenvalue weighted by Gasteiger charge is -2.33. The minimum absolute atomic E-state index is 0. The molecule has 158 valence electrons. The Morgan fingerprint density at radius 1 is 1.03 bits per heavy atom. The minimum atomic E-state index is 0. The Hall–Kier alpha value is -1.87. The quantitative estimate of drug-likeness (QED) is 0.357. The summed E-state index contributed by atoms with van der Waals surface area (Å²) in [4.78, 5) is 13.6. The van der Waals surface area contributed by atoms with E-state index >= 15 is 0 Å². The third kappa shape index (κ3) is 6.85. The van der Waals surface area contributed by atoms with E-state index in [0.717, 1.165) is 57.5 Å². The maximum absolute atomic E-state index is 4.56. The van der Waals surface area contributed by atoms with Crippen molar-refractivity contribution in [3.63, 3.8) is 0 Å². The van der Waals surface area contributed by atoms with Gasteiger partial charge in [0, 0.05) is 52.5 Å². The summed E-state index contributed by atoms with van der Waals surface area (Å²) in [7, 11) is 3.98. The van der Waals surface area contributed by atoms with Gasteiger partial charge in [0.25, 0.3) is 0 Å². The van der Waals surface area contributed by atoms with Gasteiger partial charge in [0.05, 0.1) is 0 Å². The highest BCUT2D eigenvalue weighted by molar-refractivity contribution is 14.0. The van der Waals surface area contributed by atoms with Gasteiger partial charge >= 0.3 is 0 Å². The number of aliphatic imine (C=N–C) groups is 1. The molecule has 1 aliphatic rings. The van der Waals surface area contributed by atoms with Crippen molar-refractivity contribution >= 4 is 35.8 Å². The molecule has 0 amide bonds. The Labute approximate surface area is 191 Å². The van der Waals surface area contributed by atoms with Crippen LogP contribution >= 0.6 is 24.0 Å². The van der Waals surface area contributed by atoms with E-state index in [0.29, 0.717) is 0 Å². The molecule has 7 heteroatoms. The molecule has 0 saturated carbocycles. The lowest BCUT2D eigenvalue weighted by Crippen LogP contribution is -2.44. The van der Waals surface area contributed by atoms with Crippen LogP contribution < -0.4 is 15.5 Å². The van der Waals surface area contributed by atoms with Crippen LogP contribution in [0.1, 0.15) is 23.6 Å². The molecule has 0 bridgehead atoms. The molecular weight excluding hydrogens is 475 g/mol. The SMILES string of the molecule is CCc1ccccc1CNC(=NC)NCc1ccnc(N2CCN(C)CC2)c1.I. The fraction of sp³-hybridized carbons (Fsp3) is 0.455. The predicted molar refractivity (Wildman–Crippen MR) is 132 cm³/mol. The first-order valence-corrected chi connectivity index (χ1v) is 10.1. The van der Waals surface area contributed by atoms with E-state index in [-0.39, 0.29) is 24.0 Å². The van der Waals surface area contributed by atoms with Crippen LogP contribution in [0.2, 0.25) is 0 Å². The molecule has 29 heavy (non-hydrogen) atoms. The van der Waals surface area contributed by atoms with Crippen LogP contribution in [0.15, 0.2) is 47.6 Å². The highest BCUT2D eigenvalue weighted by Gasteiger charge is 2.15. The molecule has 0 atom stereocenters. The summed E-state index contributed by atoms with van der Waals surface area (Å²) >= 11 is 0. The van der Waals surface area contributed by atoms with Crippen LogP contribution in [-0.4, -0.2) is 56.1 Å². The average Bonchev–Trinajstić information content (AvgIpc) is 2.75. The van der Waals surface area contributed by atoms with Crippen LogP contribution in [0, 0.1) is 0 Å². The summed E-state index contributed by atoms with van der Waals surface area (Å²) in [5, 5.41) is 6.84. The zero-order chi connectivity index (χ0) is 19.8. The Morgan fingerprint density at radius 3 is 2.41 bits per heavy atom. The van der Waals surface area contributed by atoms with Gasteiger partial charge in [-0.2, -0.15) is 0 Å². The molecule has 1 aromatic carbocycles. The number of anilines is 1. The van der Waals surface area contributed by atoms with Crippen LogP contribution in [0.25, 0.3) is 0 Å². The lowest BCUT2D eigenvalue weighted by atomic mass is 10.1. The second kappa shape index (κ2) is 12.0. The Balaban J connectivity index is 0.00000300. The Morgan fingerprint density at radius 2 is 1.72 bits per heavy atom. The summed E-state index contributed by atoms with van der Waals surface area (Å²) in [6.45, 7) is 7.90. The molecule has 3 rings (SSSR count). The number of benzene rings is 1. The van der Waals surface area contributed by atoms with Gasteiger partial charge in [0.2, 0.25) is 0 Å². The van der Waals surface area contributed by atoms with Gasteiger partial charge in [-0.15, -0.1) is 24.0 Å². The standard InChI is InChI=1S/C22H32N6.HI/c1-4-19-7-5-6-8-20(19)17-26-22(23-2)25-16-18-9-10-24-21(15-18)28-13-11-27(3)12-14-28;/h5-10,15H,4,11-14,16-17H2,1-3H3,(H2,23,25,26);1H. The molecule has 0 unspecified atom stereocenters. The van der Waals surface area contributed by atoms with E-state index in [1.54, 1.807) is 0 Å². The number of aryl methyl sites for hydroxylation is 1. The van der Waals surface area contributed by atoms with Crippen molar-refractivity contribution in [2.75, 3.05) is 45.2 Å². The first-order valence-electron chi connectivity index (χ1n) is 10.1. The van der Waals surface area contributed by atoms with Crippen molar-refractivity contribution in [1.29, 1.82) is 0 Å². The summed E-state index contributed by atoms with van der Waals surface area (Å²) in [6, 6.07) is 12.8. The fourth-order valence-electron chi connectivity index (χ4n) is 3.44. The Bertz CT molecular complexity index is 786. The summed E-state index contributed by atoms with van der Waals surface area (Å²) in [6.07, 6.45) is 2.94. The van der Waals surface area contributed by atoms with Gasteiger partial charge in [0.15, 0.2) is 5.96 Å². The zero-order valence-corrected chi connectivity index (χ0v) is 20.0. The summed E-state index contributed by atoms with van der Waals surface area (Å²) < 4.78 is 0. The van der Waals surface area contributed by atoms with E-state index in [1.807, 2.05) is 13.2 Å². The minimum Gasteiger partial charge on any atom is -0.354 e. The summed E-state index contributed by atoms with van der Waals surface area (Å²) in [5.74, 6) is 1.87. The number of hydrogen-bond acceptors (Lipinski definition) is 4. The molecule has 0 radical (unpaired) electrons. The van der Waals surface area contributed by atoms with Crippen LogP contribution in [0.3, 0.4) is 0 Å². The van der Waals surface area contributed by atoms with Crippen molar-refractivity contribution in [3.8, 4) is 0 Å². The van der Waals surface area contributed by atoms with Gasteiger partial charge in [-0.3, -0.25) is 4.99 Å². The molecule has 1 aliphatic heterocycles. The number of aromatic nitrogens is 1. The number of nitrogens with zero attached hydrogens (tertiary/aromatic N) is 4. The van der Waals surface area contributed by atoms with Gasteiger partial charge in [-0.1, -0.05) is 31.2 Å². The van der Waals surface area contributed by atoms with Gasteiger partial charge < -0.3 is 20.4 Å². The van der Waals surface area contributed by atoms with Gasteiger partial charge in [-0.05, 0) is 42.3 Å². The van der Waals surface area contributed by atoms with E-state index in [9.17, 15) is 0 Å². The van der Waals surface area contributed by atoms with E-state index in [1.165, 1.54) is 16.7 Å². The third-order valence-corrected chi connectivity index (χ3v) is 5.27. The number of hydrogen-bond donors (Lipinski definition) is 2. The number of halogens is 1. The second-order valence-electron chi connectivity index (χ2n) is 7.21. The predicted octanol–water partition coefficient (Wildman–Crippen LogP) is 2.88. The van der Waals surface area contributed by atoms with Crippen molar-refractivity contribution in [1.82, 2.24) is 20.5 Å². The van der Waals surface area contributed by atoms with Gasteiger partial charge in [0.1, 0.15) is 5.82 Å². The number of rotatable bonds is 6. The first kappa shape index (κ1) is 23.4. The normalized spacial score (nSPS) is 15.0. The monoisotopic (exact) mass is 508 g/mol. The van der Waals surface area contributed by atoms with Crippen molar-refractivity contribution in [3.05, 3.63) is 59.3 Å². The number of likely N-dealkylation sites (N-methyl/N-ethyl adjacent to an activating group) is 1. The Kier molecular flexibility index (Phi) is 9.66. The highest BCUT2D eigenvalue weighted by atomic mass is 127. The zero-order valence-electron chi connectivity index (χ0n) is 17.7. The van der Waals surface area contributed by atoms with Crippen LogP contribution in [0.4, 0.5) is 5.82 Å². The smallest absolute Gasteiger partial charge is 0.191 e. The van der Waals surface area contributed by atoms with E-state index in [2.05, 4.69) is 80.8 Å².